The summed E-state index contributed by atoms with van der Waals surface area (Å²) in [6.45, 7) is 6.00. The molecule has 1 saturated carbocycles. The minimum Gasteiger partial charge on any atom is -0.496 e. The van der Waals surface area contributed by atoms with E-state index in [9.17, 15) is 9.59 Å². The summed E-state index contributed by atoms with van der Waals surface area (Å²) in [4.78, 5) is 24.8. The molecule has 7 nitrogen and oxygen atoms in total. The molecule has 3 atom stereocenters. The topological polar surface area (TPSA) is 80.3 Å². The van der Waals surface area contributed by atoms with E-state index in [4.69, 9.17) is 23.7 Å². The smallest absolute Gasteiger partial charge is 0.344 e. The van der Waals surface area contributed by atoms with Gasteiger partial charge in [-0.3, -0.25) is 0 Å². The summed E-state index contributed by atoms with van der Waals surface area (Å²) in [5.74, 6) is 1.09. The molecule has 7 heteroatoms. The highest BCUT2D eigenvalue weighted by atomic mass is 16.6. The summed E-state index contributed by atoms with van der Waals surface area (Å²) in [6, 6.07) is 2.99. The van der Waals surface area contributed by atoms with Gasteiger partial charge in [0.25, 0.3) is 0 Å². The fourth-order valence-electron chi connectivity index (χ4n) is 3.84. The number of carbonyl (C=O) groups is 2. The van der Waals surface area contributed by atoms with Crippen LogP contribution in [0.5, 0.6) is 17.2 Å². The molecule has 0 aliphatic heterocycles. The Balaban J connectivity index is 2.02. The van der Waals surface area contributed by atoms with E-state index in [0.29, 0.717) is 29.3 Å². The zero-order valence-corrected chi connectivity index (χ0v) is 18.2. The third kappa shape index (κ3) is 5.78. The minimum atomic E-state index is -0.697. The average Bonchev–Trinajstić information content (AvgIpc) is 2.70. The lowest BCUT2D eigenvalue weighted by Crippen LogP contribution is -2.36. The Labute approximate surface area is 172 Å². The van der Waals surface area contributed by atoms with Crippen molar-refractivity contribution in [2.24, 2.45) is 17.8 Å². The molecule has 0 spiro atoms. The molecular weight excluding hydrogens is 376 g/mol. The predicted octanol–water partition coefficient (Wildman–Crippen LogP) is 3.87. The SMILES string of the molecule is COc1cc(OC)c(C(=O)OCC(=O)O[C@H]2C[C@H](C)CC[C@@H]2C(C)C)cc1OC. The first-order valence-corrected chi connectivity index (χ1v) is 9.97. The van der Waals surface area contributed by atoms with Crippen molar-refractivity contribution in [3.8, 4) is 17.2 Å². The predicted molar refractivity (Wildman–Crippen MR) is 108 cm³/mol. The zero-order valence-electron chi connectivity index (χ0n) is 18.2. The van der Waals surface area contributed by atoms with Crippen molar-refractivity contribution in [3.63, 3.8) is 0 Å². The standard InChI is InChI=1S/C22H32O7/c1-13(2)15-8-7-14(3)9-18(15)29-21(23)12-28-22(24)16-10-19(26-5)20(27-6)11-17(16)25-4/h10-11,13-15,18H,7-9,12H2,1-6H3/t14-,15-,18+/m1/s1. The number of methoxy groups -OCH3 is 3. The van der Waals surface area contributed by atoms with Crippen molar-refractivity contribution >= 4 is 11.9 Å². The lowest BCUT2D eigenvalue weighted by Gasteiger charge is -2.36. The van der Waals surface area contributed by atoms with Crippen molar-refractivity contribution in [2.45, 2.75) is 46.1 Å². The molecule has 1 aromatic rings. The molecule has 29 heavy (non-hydrogen) atoms. The fourth-order valence-corrected chi connectivity index (χ4v) is 3.84. The highest BCUT2D eigenvalue weighted by molar-refractivity contribution is 5.94. The van der Waals surface area contributed by atoms with Crippen molar-refractivity contribution in [2.75, 3.05) is 27.9 Å². The Hall–Kier alpha value is -2.44. The summed E-state index contributed by atoms with van der Waals surface area (Å²) < 4.78 is 26.5. The van der Waals surface area contributed by atoms with Gasteiger partial charge in [-0.15, -0.1) is 0 Å². The molecule has 0 heterocycles. The van der Waals surface area contributed by atoms with Gasteiger partial charge in [-0.2, -0.15) is 0 Å². The summed E-state index contributed by atoms with van der Waals surface area (Å²) >= 11 is 0. The quantitative estimate of drug-likeness (QED) is 0.604. The molecule has 2 rings (SSSR count). The van der Waals surface area contributed by atoms with Crippen LogP contribution >= 0.6 is 0 Å². The summed E-state index contributed by atoms with van der Waals surface area (Å²) in [7, 11) is 4.39. The van der Waals surface area contributed by atoms with Crippen molar-refractivity contribution in [1.82, 2.24) is 0 Å². The molecule has 0 saturated heterocycles. The van der Waals surface area contributed by atoms with Crippen LogP contribution in [0, 0.1) is 17.8 Å². The van der Waals surface area contributed by atoms with Crippen LogP contribution in [-0.2, 0) is 14.3 Å². The van der Waals surface area contributed by atoms with Crippen molar-refractivity contribution in [1.29, 1.82) is 0 Å². The number of hydrogen-bond donors (Lipinski definition) is 0. The van der Waals surface area contributed by atoms with Gasteiger partial charge in [0.2, 0.25) is 0 Å². The Bertz CT molecular complexity index is 713. The Morgan fingerprint density at radius 2 is 1.62 bits per heavy atom. The van der Waals surface area contributed by atoms with Gasteiger partial charge in [0, 0.05) is 12.1 Å². The number of hydrogen-bond acceptors (Lipinski definition) is 7. The number of rotatable bonds is 8. The molecule has 1 aliphatic carbocycles. The van der Waals surface area contributed by atoms with Gasteiger partial charge in [-0.1, -0.05) is 27.2 Å². The molecule has 0 radical (unpaired) electrons. The number of esters is 2. The van der Waals surface area contributed by atoms with Gasteiger partial charge < -0.3 is 23.7 Å². The van der Waals surface area contributed by atoms with Crippen LogP contribution in [-0.4, -0.2) is 46.0 Å². The lowest BCUT2D eigenvalue weighted by atomic mass is 9.75. The molecular formula is C22H32O7. The molecule has 0 unspecified atom stereocenters. The molecule has 0 N–H and O–H groups in total. The molecule has 1 fully saturated rings. The summed E-state index contributed by atoms with van der Waals surface area (Å²) in [5.41, 5.74) is 0.143. The normalized spacial score (nSPS) is 21.4. The van der Waals surface area contributed by atoms with E-state index in [0.717, 1.165) is 19.3 Å². The van der Waals surface area contributed by atoms with Crippen molar-refractivity contribution < 1.29 is 33.3 Å². The van der Waals surface area contributed by atoms with E-state index in [-0.39, 0.29) is 17.4 Å². The first kappa shape index (κ1) is 22.8. The Morgan fingerprint density at radius 3 is 2.21 bits per heavy atom. The summed E-state index contributed by atoms with van der Waals surface area (Å²) in [6.07, 6.45) is 2.89. The Morgan fingerprint density at radius 1 is 1.00 bits per heavy atom. The second-order valence-corrected chi connectivity index (χ2v) is 7.84. The lowest BCUT2D eigenvalue weighted by molar-refractivity contribution is -0.159. The largest absolute Gasteiger partial charge is 0.496 e. The van der Waals surface area contributed by atoms with Crippen LogP contribution in [0.4, 0.5) is 0 Å². The zero-order chi connectivity index (χ0) is 21.6. The number of carbonyl (C=O) groups excluding carboxylic acids is 2. The van der Waals surface area contributed by atoms with E-state index in [1.54, 1.807) is 0 Å². The first-order chi connectivity index (χ1) is 13.8. The maximum absolute atomic E-state index is 12.5. The van der Waals surface area contributed by atoms with Crippen LogP contribution in [0.2, 0.25) is 0 Å². The maximum Gasteiger partial charge on any atom is 0.344 e. The minimum absolute atomic E-state index is 0.138. The van der Waals surface area contributed by atoms with Crippen LogP contribution in [0.3, 0.4) is 0 Å². The van der Waals surface area contributed by atoms with Gasteiger partial charge in [-0.25, -0.2) is 9.59 Å². The highest BCUT2D eigenvalue weighted by Gasteiger charge is 2.33. The Kier molecular flexibility index (Phi) is 8.17. The number of ether oxygens (including phenoxy) is 5. The van der Waals surface area contributed by atoms with Gasteiger partial charge >= 0.3 is 11.9 Å². The monoisotopic (exact) mass is 408 g/mol. The molecule has 0 bridgehead atoms. The van der Waals surface area contributed by atoms with Crippen molar-refractivity contribution in [3.05, 3.63) is 17.7 Å². The molecule has 162 valence electrons. The highest BCUT2D eigenvalue weighted by Crippen LogP contribution is 2.36. The van der Waals surface area contributed by atoms with Crippen LogP contribution in [0.25, 0.3) is 0 Å². The van der Waals surface area contributed by atoms with Gasteiger partial charge in [0.05, 0.1) is 21.3 Å². The van der Waals surface area contributed by atoms with Gasteiger partial charge in [-0.05, 0) is 30.6 Å². The van der Waals surface area contributed by atoms with Crippen LogP contribution in [0.1, 0.15) is 50.4 Å². The van der Waals surface area contributed by atoms with E-state index in [2.05, 4.69) is 20.8 Å². The fraction of sp³-hybridized carbons (Fsp3) is 0.636. The van der Waals surface area contributed by atoms with E-state index in [1.165, 1.54) is 33.5 Å². The van der Waals surface area contributed by atoms with E-state index < -0.39 is 18.5 Å². The summed E-state index contributed by atoms with van der Waals surface area (Å²) in [5, 5.41) is 0. The molecule has 0 amide bonds. The van der Waals surface area contributed by atoms with Gasteiger partial charge in [0.1, 0.15) is 17.4 Å². The van der Waals surface area contributed by atoms with Crippen LogP contribution in [0.15, 0.2) is 12.1 Å². The molecule has 1 aromatic carbocycles. The second kappa shape index (κ2) is 10.4. The van der Waals surface area contributed by atoms with E-state index in [1.807, 2.05) is 0 Å². The first-order valence-electron chi connectivity index (χ1n) is 9.97. The number of benzene rings is 1. The third-order valence-corrected chi connectivity index (χ3v) is 5.49. The van der Waals surface area contributed by atoms with Gasteiger partial charge in [0.15, 0.2) is 18.1 Å². The molecule has 1 aliphatic rings. The van der Waals surface area contributed by atoms with Crippen LogP contribution < -0.4 is 14.2 Å². The second-order valence-electron chi connectivity index (χ2n) is 7.84. The van der Waals surface area contributed by atoms with E-state index >= 15 is 0 Å². The average molecular weight is 408 g/mol. The maximum atomic E-state index is 12.5. The third-order valence-electron chi connectivity index (χ3n) is 5.49. The molecule has 0 aromatic heterocycles.